The van der Waals surface area contributed by atoms with E-state index >= 15 is 0 Å². The summed E-state index contributed by atoms with van der Waals surface area (Å²) < 4.78 is 39.6. The highest BCUT2D eigenvalue weighted by molar-refractivity contribution is 5.90. The van der Waals surface area contributed by atoms with Crippen molar-refractivity contribution in [2.75, 3.05) is 19.8 Å². The largest absolute Gasteiger partial charge is 0.395 e. The van der Waals surface area contributed by atoms with Gasteiger partial charge in [0, 0.05) is 16.6 Å². The van der Waals surface area contributed by atoms with Crippen molar-refractivity contribution in [3.8, 4) is 11.3 Å². The van der Waals surface area contributed by atoms with Crippen LogP contribution in [-0.2, 0) is 6.42 Å². The van der Waals surface area contributed by atoms with E-state index in [2.05, 4.69) is 10.3 Å². The van der Waals surface area contributed by atoms with Crippen LogP contribution in [-0.4, -0.2) is 36.0 Å². The Morgan fingerprint density at radius 1 is 1.04 bits per heavy atom. The Morgan fingerprint density at radius 2 is 1.77 bits per heavy atom. The number of hydrogen-bond donors (Lipinski definition) is 3. The number of aromatic amines is 1. The summed E-state index contributed by atoms with van der Waals surface area (Å²) in [6.45, 7) is -0.356. The Hall–Kier alpha value is -2.31. The van der Waals surface area contributed by atoms with Crippen molar-refractivity contribution in [3.63, 3.8) is 0 Å². The lowest BCUT2D eigenvalue weighted by molar-refractivity contribution is 0.216. The molecule has 0 saturated carbocycles. The molecule has 1 heterocycles. The van der Waals surface area contributed by atoms with Crippen LogP contribution >= 0.6 is 0 Å². The van der Waals surface area contributed by atoms with Gasteiger partial charge in [0.2, 0.25) is 0 Å². The first-order valence-corrected chi connectivity index (χ1v) is 8.58. The Labute approximate surface area is 149 Å². The van der Waals surface area contributed by atoms with Crippen LogP contribution in [0.5, 0.6) is 0 Å². The minimum Gasteiger partial charge on any atom is -0.395 e. The molecule has 6 heteroatoms. The quantitative estimate of drug-likeness (QED) is 0.531. The monoisotopic (exact) mass is 362 g/mol. The summed E-state index contributed by atoms with van der Waals surface area (Å²) >= 11 is 0. The first-order valence-electron chi connectivity index (χ1n) is 8.58. The molecule has 26 heavy (non-hydrogen) atoms. The molecule has 3 rings (SSSR count). The van der Waals surface area contributed by atoms with Crippen LogP contribution in [0.4, 0.5) is 13.2 Å². The number of benzene rings is 2. The summed E-state index contributed by atoms with van der Waals surface area (Å²) in [7, 11) is 0. The van der Waals surface area contributed by atoms with Crippen LogP contribution in [0.1, 0.15) is 12.0 Å². The number of aliphatic hydroxyl groups excluding tert-OH is 1. The second kappa shape index (κ2) is 8.38. The van der Waals surface area contributed by atoms with Crippen LogP contribution in [0.2, 0.25) is 0 Å². The number of fused-ring (bicyclic) bond motifs is 1. The predicted octanol–water partition coefficient (Wildman–Crippen LogP) is 3.97. The van der Waals surface area contributed by atoms with Crippen LogP contribution in [0.3, 0.4) is 0 Å². The van der Waals surface area contributed by atoms with Gasteiger partial charge in [0.25, 0.3) is 0 Å². The van der Waals surface area contributed by atoms with Crippen molar-refractivity contribution in [1.29, 1.82) is 0 Å². The van der Waals surface area contributed by atoms with E-state index in [1.807, 2.05) is 0 Å². The lowest BCUT2D eigenvalue weighted by atomic mass is 10.0. The number of alkyl halides is 1. The lowest BCUT2D eigenvalue weighted by Gasteiger charge is -2.12. The number of aryl methyl sites for hydroxylation is 1. The van der Waals surface area contributed by atoms with Crippen LogP contribution in [0, 0.1) is 11.6 Å². The van der Waals surface area contributed by atoms with Crippen molar-refractivity contribution < 1.29 is 18.3 Å². The molecule has 0 bridgehead atoms. The zero-order chi connectivity index (χ0) is 18.5. The highest BCUT2D eigenvalue weighted by Crippen LogP contribution is 2.32. The Balaban J connectivity index is 1.87. The lowest BCUT2D eigenvalue weighted by Crippen LogP contribution is -2.35. The van der Waals surface area contributed by atoms with Crippen molar-refractivity contribution in [3.05, 3.63) is 59.7 Å². The minimum absolute atomic E-state index is 0.254. The standard InChI is InChI=1S/C20H21F3N2O/c21-11-16(12-26)24-9-1-2-17-18-10-15(23)7-8-19(18)25-20(17)13-3-5-14(22)6-4-13/h3-8,10,16,24-26H,1-2,9,11-12H2. The Kier molecular flexibility index (Phi) is 5.96. The third kappa shape index (κ3) is 4.08. The molecule has 0 spiro atoms. The van der Waals surface area contributed by atoms with E-state index < -0.39 is 12.7 Å². The summed E-state index contributed by atoms with van der Waals surface area (Å²) in [5, 5.41) is 12.8. The van der Waals surface area contributed by atoms with E-state index in [9.17, 15) is 13.2 Å². The summed E-state index contributed by atoms with van der Waals surface area (Å²) in [5.41, 5.74) is 3.40. The summed E-state index contributed by atoms with van der Waals surface area (Å²) in [5.74, 6) is -0.637. The number of aromatic nitrogens is 1. The molecule has 0 aliphatic carbocycles. The van der Waals surface area contributed by atoms with Gasteiger partial charge in [-0.1, -0.05) is 0 Å². The smallest absolute Gasteiger partial charge is 0.123 e. The molecule has 0 fully saturated rings. The van der Waals surface area contributed by atoms with E-state index in [1.54, 1.807) is 18.2 Å². The maximum atomic E-state index is 13.7. The van der Waals surface area contributed by atoms with Gasteiger partial charge in [0.05, 0.1) is 12.6 Å². The molecule has 3 nitrogen and oxygen atoms in total. The number of hydrogen-bond acceptors (Lipinski definition) is 2. The maximum absolute atomic E-state index is 13.7. The van der Waals surface area contributed by atoms with Crippen molar-refractivity contribution in [2.24, 2.45) is 0 Å². The number of aliphatic hydroxyl groups is 1. The van der Waals surface area contributed by atoms with Crippen LogP contribution in [0.15, 0.2) is 42.5 Å². The molecule has 0 radical (unpaired) electrons. The fraction of sp³-hybridized carbons (Fsp3) is 0.300. The molecule has 1 aromatic heterocycles. The molecule has 3 aromatic rings. The van der Waals surface area contributed by atoms with Gasteiger partial charge in [-0.2, -0.15) is 0 Å². The Morgan fingerprint density at radius 3 is 2.46 bits per heavy atom. The molecule has 3 N–H and O–H groups in total. The number of nitrogens with one attached hydrogen (secondary N) is 2. The predicted molar refractivity (Wildman–Crippen MR) is 96.8 cm³/mol. The van der Waals surface area contributed by atoms with E-state index in [0.717, 1.165) is 27.7 Å². The number of rotatable bonds is 8. The topological polar surface area (TPSA) is 48.0 Å². The van der Waals surface area contributed by atoms with Gasteiger partial charge in [-0.15, -0.1) is 0 Å². The van der Waals surface area contributed by atoms with E-state index in [-0.39, 0.29) is 18.2 Å². The van der Waals surface area contributed by atoms with Gasteiger partial charge in [-0.25, -0.2) is 13.2 Å². The molecule has 1 unspecified atom stereocenters. The van der Waals surface area contributed by atoms with Crippen molar-refractivity contribution in [1.82, 2.24) is 10.3 Å². The average Bonchev–Trinajstić information content (AvgIpc) is 3.00. The van der Waals surface area contributed by atoms with Gasteiger partial charge in [-0.3, -0.25) is 0 Å². The first-order chi connectivity index (χ1) is 12.6. The van der Waals surface area contributed by atoms with Crippen LogP contribution < -0.4 is 5.32 Å². The second-order valence-corrected chi connectivity index (χ2v) is 6.27. The average molecular weight is 362 g/mol. The maximum Gasteiger partial charge on any atom is 0.123 e. The van der Waals surface area contributed by atoms with E-state index in [4.69, 9.17) is 5.11 Å². The Bertz CT molecular complexity index is 857. The molecular weight excluding hydrogens is 341 g/mol. The summed E-state index contributed by atoms with van der Waals surface area (Å²) in [4.78, 5) is 3.29. The summed E-state index contributed by atoms with van der Waals surface area (Å²) in [6, 6.07) is 10.1. The van der Waals surface area contributed by atoms with E-state index in [0.29, 0.717) is 19.4 Å². The van der Waals surface area contributed by atoms with Gasteiger partial charge in [-0.05, 0) is 73.0 Å². The SMILES string of the molecule is OCC(CF)NCCCc1c(-c2ccc(F)cc2)[nH]c2ccc(F)cc12. The van der Waals surface area contributed by atoms with Gasteiger partial charge >= 0.3 is 0 Å². The fourth-order valence-corrected chi connectivity index (χ4v) is 3.08. The van der Waals surface area contributed by atoms with Crippen molar-refractivity contribution >= 4 is 10.9 Å². The second-order valence-electron chi connectivity index (χ2n) is 6.27. The molecule has 2 aromatic carbocycles. The third-order valence-electron chi connectivity index (χ3n) is 4.44. The van der Waals surface area contributed by atoms with Gasteiger partial charge in [0.15, 0.2) is 0 Å². The minimum atomic E-state index is -0.629. The number of H-pyrrole nitrogens is 1. The van der Waals surface area contributed by atoms with Gasteiger partial charge in [0.1, 0.15) is 18.3 Å². The highest BCUT2D eigenvalue weighted by Gasteiger charge is 2.14. The normalized spacial score (nSPS) is 12.6. The van der Waals surface area contributed by atoms with Crippen LogP contribution in [0.25, 0.3) is 22.2 Å². The first kappa shape index (κ1) is 18.5. The highest BCUT2D eigenvalue weighted by atomic mass is 19.1. The third-order valence-corrected chi connectivity index (χ3v) is 4.44. The molecule has 0 aliphatic heterocycles. The molecule has 0 saturated heterocycles. The molecule has 0 aliphatic rings. The summed E-state index contributed by atoms with van der Waals surface area (Å²) in [6.07, 6.45) is 1.32. The molecule has 0 amide bonds. The molecule has 1 atom stereocenters. The van der Waals surface area contributed by atoms with Gasteiger partial charge < -0.3 is 15.4 Å². The fourth-order valence-electron chi connectivity index (χ4n) is 3.08. The molecule has 138 valence electrons. The zero-order valence-electron chi connectivity index (χ0n) is 14.2. The zero-order valence-corrected chi connectivity index (χ0v) is 14.2. The van der Waals surface area contributed by atoms with Crippen molar-refractivity contribution in [2.45, 2.75) is 18.9 Å². The van der Waals surface area contributed by atoms with E-state index in [1.165, 1.54) is 24.3 Å². The number of halogens is 3. The molecular formula is C20H21F3N2O.